The van der Waals surface area contributed by atoms with Gasteiger partial charge in [-0.3, -0.25) is 9.59 Å². The molecule has 9 heteroatoms. The average Bonchev–Trinajstić information content (AvgIpc) is 3.84. The van der Waals surface area contributed by atoms with Crippen molar-refractivity contribution >= 4 is 11.8 Å². The second-order valence-electron chi connectivity index (χ2n) is 10.8. The van der Waals surface area contributed by atoms with Gasteiger partial charge in [0.15, 0.2) is 11.5 Å². The summed E-state index contributed by atoms with van der Waals surface area (Å²) >= 11 is 0. The minimum atomic E-state index is -0.805. The van der Waals surface area contributed by atoms with Gasteiger partial charge in [-0.15, -0.1) is 0 Å². The Morgan fingerprint density at radius 3 is 2.55 bits per heavy atom. The molecule has 0 unspecified atom stereocenters. The second kappa shape index (κ2) is 9.94. The van der Waals surface area contributed by atoms with Gasteiger partial charge in [-0.1, -0.05) is 35.5 Å². The first-order valence-electron chi connectivity index (χ1n) is 13.2. The summed E-state index contributed by atoms with van der Waals surface area (Å²) in [6.45, 7) is 2.34. The van der Waals surface area contributed by atoms with Crippen LogP contribution < -0.4 is 10.6 Å². The van der Waals surface area contributed by atoms with Crippen LogP contribution in [0.1, 0.15) is 48.2 Å². The zero-order chi connectivity index (χ0) is 26.3. The Bertz CT molecular complexity index is 1340. The van der Waals surface area contributed by atoms with Crippen LogP contribution in [-0.4, -0.2) is 47.5 Å². The van der Waals surface area contributed by atoms with Crippen molar-refractivity contribution in [3.63, 3.8) is 0 Å². The monoisotopic (exact) mass is 520 g/mol. The maximum absolute atomic E-state index is 14.2. The lowest BCUT2D eigenvalue weighted by Crippen LogP contribution is -2.57. The van der Waals surface area contributed by atoms with Crippen molar-refractivity contribution in [3.8, 4) is 11.3 Å². The lowest BCUT2D eigenvalue weighted by molar-refractivity contribution is -0.128. The van der Waals surface area contributed by atoms with Crippen LogP contribution in [0.3, 0.4) is 0 Å². The van der Waals surface area contributed by atoms with Crippen LogP contribution in [0.5, 0.6) is 0 Å². The number of rotatable bonds is 8. The highest BCUT2D eigenvalue weighted by Gasteiger charge is 2.48. The van der Waals surface area contributed by atoms with E-state index in [1.807, 2.05) is 30.3 Å². The molecule has 2 N–H and O–H groups in total. The van der Waals surface area contributed by atoms with Gasteiger partial charge in [-0.2, -0.15) is 0 Å². The van der Waals surface area contributed by atoms with Gasteiger partial charge in [0.05, 0.1) is 17.0 Å². The van der Waals surface area contributed by atoms with E-state index in [1.54, 1.807) is 0 Å². The van der Waals surface area contributed by atoms with Gasteiger partial charge in [0, 0.05) is 37.8 Å². The summed E-state index contributed by atoms with van der Waals surface area (Å²) in [6, 6.07) is 14.0. The van der Waals surface area contributed by atoms with Crippen molar-refractivity contribution in [2.24, 2.45) is 11.8 Å². The van der Waals surface area contributed by atoms with Crippen molar-refractivity contribution < 1.29 is 22.9 Å². The van der Waals surface area contributed by atoms with E-state index in [0.29, 0.717) is 18.9 Å². The number of amides is 2. The Morgan fingerprint density at radius 2 is 1.84 bits per heavy atom. The number of nitrogens with zero attached hydrogens (tertiary/aromatic N) is 2. The molecule has 2 aliphatic carbocycles. The van der Waals surface area contributed by atoms with Crippen LogP contribution in [0.25, 0.3) is 11.3 Å². The first-order valence-corrected chi connectivity index (χ1v) is 13.2. The third-order valence-electron chi connectivity index (χ3n) is 7.94. The number of likely N-dealkylation sites (tertiary alicyclic amines) is 1. The van der Waals surface area contributed by atoms with Gasteiger partial charge in [0.2, 0.25) is 5.91 Å². The standard InChI is InChI=1S/C29H30F2N4O3/c30-20-8-9-21(23(31)14-20)26-15-25(34-38-26)28(37)32-24-10-13-35(16-18-6-7-18)17-22(24)27(36)33-29(11-12-29)19-4-2-1-3-5-19/h1-5,8-9,14-15,18,22,24H,6-7,10-13,16-17H2,(H,32,37)(H,33,36)/t22-,24-/m0/s1. The largest absolute Gasteiger partial charge is 0.355 e. The third kappa shape index (κ3) is 5.20. The topological polar surface area (TPSA) is 87.5 Å². The number of piperidine rings is 1. The van der Waals surface area contributed by atoms with Crippen molar-refractivity contribution in [1.29, 1.82) is 0 Å². The van der Waals surface area contributed by atoms with Crippen LogP contribution in [0.15, 0.2) is 59.1 Å². The van der Waals surface area contributed by atoms with E-state index in [9.17, 15) is 18.4 Å². The van der Waals surface area contributed by atoms with E-state index in [4.69, 9.17) is 4.52 Å². The summed E-state index contributed by atoms with van der Waals surface area (Å²) in [6.07, 6.45) is 4.87. The molecule has 2 saturated carbocycles. The molecule has 1 aliphatic heterocycles. The molecule has 2 amide bonds. The molecule has 2 atom stereocenters. The molecule has 1 aromatic heterocycles. The first-order chi connectivity index (χ1) is 18.4. The Balaban J connectivity index is 1.17. The fourth-order valence-electron chi connectivity index (χ4n) is 5.43. The minimum absolute atomic E-state index is 0.0132. The van der Waals surface area contributed by atoms with Crippen molar-refractivity contribution in [1.82, 2.24) is 20.7 Å². The summed E-state index contributed by atoms with van der Waals surface area (Å²) < 4.78 is 32.6. The zero-order valence-corrected chi connectivity index (χ0v) is 21.0. The molecule has 1 saturated heterocycles. The predicted molar refractivity (Wildman–Crippen MR) is 136 cm³/mol. The fourth-order valence-corrected chi connectivity index (χ4v) is 5.43. The first kappa shape index (κ1) is 24.7. The summed E-state index contributed by atoms with van der Waals surface area (Å²) in [4.78, 5) is 29.1. The fraction of sp³-hybridized carbons (Fsp3) is 0.414. The molecule has 2 aromatic carbocycles. The van der Waals surface area contributed by atoms with Crippen molar-refractivity contribution in [3.05, 3.63) is 77.5 Å². The lowest BCUT2D eigenvalue weighted by Gasteiger charge is -2.38. The van der Waals surface area contributed by atoms with Crippen LogP contribution >= 0.6 is 0 Å². The number of hydrogen-bond donors (Lipinski definition) is 2. The Morgan fingerprint density at radius 1 is 1.05 bits per heavy atom. The van der Waals surface area contributed by atoms with E-state index in [2.05, 4.69) is 20.7 Å². The van der Waals surface area contributed by atoms with Crippen LogP contribution in [-0.2, 0) is 10.3 Å². The van der Waals surface area contributed by atoms with Gasteiger partial charge >= 0.3 is 0 Å². The summed E-state index contributed by atoms with van der Waals surface area (Å²) in [5.74, 6) is -1.77. The van der Waals surface area contributed by atoms with E-state index in [0.717, 1.165) is 43.6 Å². The smallest absolute Gasteiger partial charge is 0.273 e. The quantitative estimate of drug-likeness (QED) is 0.464. The summed E-state index contributed by atoms with van der Waals surface area (Å²) in [5.41, 5.74) is 0.750. The van der Waals surface area contributed by atoms with Gasteiger partial charge in [-0.05, 0) is 55.7 Å². The summed E-state index contributed by atoms with van der Waals surface area (Å²) in [7, 11) is 0. The Hall–Kier alpha value is -3.59. The molecule has 0 bridgehead atoms. The third-order valence-corrected chi connectivity index (χ3v) is 7.94. The number of aromatic nitrogens is 1. The molecule has 3 aromatic rings. The van der Waals surface area contributed by atoms with Gasteiger partial charge in [-0.25, -0.2) is 8.78 Å². The number of benzene rings is 2. The highest BCUT2D eigenvalue weighted by atomic mass is 19.1. The normalized spacial score (nSPS) is 22.6. The minimum Gasteiger partial charge on any atom is -0.355 e. The van der Waals surface area contributed by atoms with E-state index >= 15 is 0 Å². The Kier molecular flexibility index (Phi) is 6.47. The van der Waals surface area contributed by atoms with E-state index in [1.165, 1.54) is 25.0 Å². The van der Waals surface area contributed by atoms with Crippen molar-refractivity contribution in [2.75, 3.05) is 19.6 Å². The SMILES string of the molecule is O=C(N[C@H]1CCN(CC2CC2)C[C@@H]1C(=O)NC1(c2ccccc2)CC1)c1cc(-c2ccc(F)cc2F)on1. The predicted octanol–water partition coefficient (Wildman–Crippen LogP) is 4.26. The maximum atomic E-state index is 14.2. The van der Waals surface area contributed by atoms with Gasteiger partial charge in [0.25, 0.3) is 5.91 Å². The Labute approximate surface area is 219 Å². The molecule has 38 heavy (non-hydrogen) atoms. The molecule has 6 rings (SSSR count). The van der Waals surface area contributed by atoms with Gasteiger partial charge < -0.3 is 20.1 Å². The van der Waals surface area contributed by atoms with Crippen LogP contribution in [0, 0.1) is 23.5 Å². The molecule has 3 fully saturated rings. The molecule has 0 spiro atoms. The number of hydrogen-bond acceptors (Lipinski definition) is 5. The van der Waals surface area contributed by atoms with E-state index < -0.39 is 23.5 Å². The molecule has 3 aliphatic rings. The van der Waals surface area contributed by atoms with E-state index in [-0.39, 0.29) is 34.5 Å². The van der Waals surface area contributed by atoms with Crippen LogP contribution in [0.4, 0.5) is 8.78 Å². The molecule has 7 nitrogen and oxygen atoms in total. The molecule has 198 valence electrons. The highest BCUT2D eigenvalue weighted by Crippen LogP contribution is 2.45. The van der Waals surface area contributed by atoms with Crippen LogP contribution in [0.2, 0.25) is 0 Å². The molecule has 2 heterocycles. The lowest BCUT2D eigenvalue weighted by atomic mass is 9.90. The zero-order valence-electron chi connectivity index (χ0n) is 21.0. The maximum Gasteiger partial charge on any atom is 0.273 e. The number of nitrogens with one attached hydrogen (secondary N) is 2. The molecular weight excluding hydrogens is 490 g/mol. The molecule has 0 radical (unpaired) electrons. The number of halogens is 2. The van der Waals surface area contributed by atoms with Gasteiger partial charge in [0.1, 0.15) is 11.6 Å². The second-order valence-corrected chi connectivity index (χ2v) is 10.8. The highest BCUT2D eigenvalue weighted by molar-refractivity contribution is 5.94. The van der Waals surface area contributed by atoms with Crippen molar-refractivity contribution in [2.45, 2.75) is 43.7 Å². The molecular formula is C29H30F2N4O3. The number of carbonyl (C=O) groups excluding carboxylic acids is 2. The summed E-state index contributed by atoms with van der Waals surface area (Å²) in [5, 5.41) is 10.1. The average molecular weight is 521 g/mol. The number of carbonyl (C=O) groups is 2.